The molecule has 0 aliphatic rings. The molecule has 0 aromatic carbocycles. The van der Waals surface area contributed by atoms with E-state index in [-0.39, 0.29) is 17.3 Å². The van der Waals surface area contributed by atoms with Crippen LogP contribution in [0.15, 0.2) is 23.5 Å². The summed E-state index contributed by atoms with van der Waals surface area (Å²) >= 11 is 0. The summed E-state index contributed by atoms with van der Waals surface area (Å²) in [6.45, 7) is 6.17. The van der Waals surface area contributed by atoms with Crippen molar-refractivity contribution in [3.63, 3.8) is 0 Å². The number of carbonyl (C=O) groups is 1. The lowest BCUT2D eigenvalue weighted by Gasteiger charge is -2.31. The average molecular weight is 278 g/mol. The van der Waals surface area contributed by atoms with E-state index in [1.54, 1.807) is 12.1 Å². The van der Waals surface area contributed by atoms with E-state index in [1.807, 2.05) is 0 Å². The molecule has 0 atom stereocenters. The number of rotatable bonds is 6. The lowest BCUT2D eigenvalue weighted by Crippen LogP contribution is -2.47. The molecule has 0 spiro atoms. The van der Waals surface area contributed by atoms with Crippen molar-refractivity contribution in [2.75, 3.05) is 0 Å². The van der Waals surface area contributed by atoms with Crippen LogP contribution in [0.1, 0.15) is 56.1 Å². The summed E-state index contributed by atoms with van der Waals surface area (Å²) in [6.07, 6.45) is 4.02. The minimum Gasteiger partial charge on any atom is -0.409 e. The van der Waals surface area contributed by atoms with Gasteiger partial charge in [-0.25, -0.2) is 0 Å². The van der Waals surface area contributed by atoms with Crippen LogP contribution in [0.5, 0.6) is 0 Å². The van der Waals surface area contributed by atoms with Crippen LogP contribution in [0, 0.1) is 0 Å². The second kappa shape index (κ2) is 6.88. The van der Waals surface area contributed by atoms with E-state index < -0.39 is 0 Å². The maximum atomic E-state index is 12.2. The van der Waals surface area contributed by atoms with E-state index in [4.69, 9.17) is 10.9 Å². The number of aromatic nitrogens is 1. The summed E-state index contributed by atoms with van der Waals surface area (Å²) in [5, 5.41) is 14.5. The quantitative estimate of drug-likeness (QED) is 0.320. The molecule has 0 unspecified atom stereocenters. The largest absolute Gasteiger partial charge is 0.409 e. The Hall–Kier alpha value is -2.11. The van der Waals surface area contributed by atoms with Gasteiger partial charge in [0.15, 0.2) is 5.84 Å². The summed E-state index contributed by atoms with van der Waals surface area (Å²) in [6, 6.07) is 3.16. The van der Waals surface area contributed by atoms with Crippen molar-refractivity contribution in [2.45, 2.75) is 45.6 Å². The Morgan fingerprint density at radius 3 is 2.35 bits per heavy atom. The molecule has 0 bridgehead atoms. The second-order valence-corrected chi connectivity index (χ2v) is 4.71. The summed E-state index contributed by atoms with van der Waals surface area (Å²) in [7, 11) is 0. The van der Waals surface area contributed by atoms with Crippen LogP contribution in [0.2, 0.25) is 0 Å². The van der Waals surface area contributed by atoms with Gasteiger partial charge in [-0.1, -0.05) is 25.9 Å². The van der Waals surface area contributed by atoms with Gasteiger partial charge in [0.05, 0.1) is 0 Å². The molecular formula is C14H22N4O2. The Labute approximate surface area is 119 Å². The highest BCUT2D eigenvalue weighted by molar-refractivity contribution is 5.98. The van der Waals surface area contributed by atoms with E-state index in [1.165, 1.54) is 6.20 Å². The topological polar surface area (TPSA) is 101 Å². The predicted octanol–water partition coefficient (Wildman–Crippen LogP) is 1.87. The Bertz CT molecular complexity index is 470. The zero-order chi connectivity index (χ0) is 15.2. The van der Waals surface area contributed by atoms with Gasteiger partial charge in [-0.15, -0.1) is 0 Å². The first-order valence-electron chi connectivity index (χ1n) is 6.78. The molecule has 1 rings (SSSR count). The van der Waals surface area contributed by atoms with Crippen molar-refractivity contribution in [1.82, 2.24) is 10.3 Å². The Balaban J connectivity index is 2.88. The van der Waals surface area contributed by atoms with Gasteiger partial charge in [0.1, 0.15) is 5.69 Å². The molecule has 1 aromatic rings. The molecule has 0 saturated heterocycles. The third-order valence-corrected chi connectivity index (χ3v) is 3.81. The summed E-state index contributed by atoms with van der Waals surface area (Å²) in [5.74, 6) is -0.240. The minimum absolute atomic E-state index is 0.0329. The fourth-order valence-corrected chi connectivity index (χ4v) is 2.06. The third-order valence-electron chi connectivity index (χ3n) is 3.81. The molecule has 4 N–H and O–H groups in total. The number of nitrogens with one attached hydrogen (secondary N) is 1. The molecule has 0 radical (unpaired) electrons. The maximum absolute atomic E-state index is 12.2. The van der Waals surface area contributed by atoms with Gasteiger partial charge in [0.25, 0.3) is 5.91 Å². The first-order valence-corrected chi connectivity index (χ1v) is 6.78. The number of oxime groups is 1. The molecule has 1 aromatic heterocycles. The van der Waals surface area contributed by atoms with Gasteiger partial charge in [0.2, 0.25) is 0 Å². The van der Waals surface area contributed by atoms with E-state index in [9.17, 15) is 4.79 Å². The van der Waals surface area contributed by atoms with Crippen molar-refractivity contribution in [3.8, 4) is 0 Å². The SMILES string of the molecule is CCC(CC)(CC)NC(=O)c1ccc(C(N)=NO)cn1. The maximum Gasteiger partial charge on any atom is 0.270 e. The molecule has 0 aliphatic carbocycles. The van der Waals surface area contributed by atoms with E-state index in [2.05, 4.69) is 36.2 Å². The van der Waals surface area contributed by atoms with Crippen LogP contribution in [0.3, 0.4) is 0 Å². The normalized spacial score (nSPS) is 12.2. The standard InChI is InChI=1S/C14H22N4O2/c1-4-14(5-2,6-3)17-13(19)11-8-7-10(9-16-11)12(15)18-20/h7-9,20H,4-6H2,1-3H3,(H2,15,18)(H,17,19). The number of nitrogens with zero attached hydrogens (tertiary/aromatic N) is 2. The molecule has 20 heavy (non-hydrogen) atoms. The summed E-state index contributed by atoms with van der Waals surface area (Å²) < 4.78 is 0. The Kier molecular flexibility index (Phi) is 5.49. The number of pyridine rings is 1. The number of carbonyl (C=O) groups excluding carboxylic acids is 1. The first kappa shape index (κ1) is 15.9. The van der Waals surface area contributed by atoms with E-state index in [0.717, 1.165) is 19.3 Å². The van der Waals surface area contributed by atoms with Crippen LogP contribution < -0.4 is 11.1 Å². The number of hydrogen-bond donors (Lipinski definition) is 3. The fourth-order valence-electron chi connectivity index (χ4n) is 2.06. The summed E-state index contributed by atoms with van der Waals surface area (Å²) in [4.78, 5) is 16.3. The highest BCUT2D eigenvalue weighted by atomic mass is 16.4. The predicted molar refractivity (Wildman–Crippen MR) is 77.8 cm³/mol. The molecule has 6 nitrogen and oxygen atoms in total. The highest BCUT2D eigenvalue weighted by Gasteiger charge is 2.26. The van der Waals surface area contributed by atoms with Crippen molar-refractivity contribution in [1.29, 1.82) is 0 Å². The molecule has 0 fully saturated rings. The number of hydrogen-bond acceptors (Lipinski definition) is 4. The number of amidine groups is 1. The smallest absolute Gasteiger partial charge is 0.270 e. The van der Waals surface area contributed by atoms with Gasteiger partial charge < -0.3 is 16.3 Å². The minimum atomic E-state index is -0.207. The van der Waals surface area contributed by atoms with Crippen molar-refractivity contribution < 1.29 is 10.0 Å². The molecule has 1 amide bonds. The van der Waals surface area contributed by atoms with Gasteiger partial charge in [-0.3, -0.25) is 9.78 Å². The number of nitrogens with two attached hydrogens (primary N) is 1. The van der Waals surface area contributed by atoms with Crippen molar-refractivity contribution in [3.05, 3.63) is 29.6 Å². The zero-order valence-corrected chi connectivity index (χ0v) is 12.2. The lowest BCUT2D eigenvalue weighted by atomic mass is 9.89. The average Bonchev–Trinajstić information content (AvgIpc) is 2.52. The molecule has 6 heteroatoms. The second-order valence-electron chi connectivity index (χ2n) is 4.71. The first-order chi connectivity index (χ1) is 9.51. The monoisotopic (exact) mass is 278 g/mol. The molecule has 1 heterocycles. The third kappa shape index (κ3) is 3.46. The molecular weight excluding hydrogens is 256 g/mol. The van der Waals surface area contributed by atoms with E-state index >= 15 is 0 Å². The molecule has 0 aliphatic heterocycles. The van der Waals surface area contributed by atoms with Crippen LogP contribution >= 0.6 is 0 Å². The van der Waals surface area contributed by atoms with E-state index in [0.29, 0.717) is 11.3 Å². The van der Waals surface area contributed by atoms with Crippen LogP contribution in [0.4, 0.5) is 0 Å². The van der Waals surface area contributed by atoms with Crippen molar-refractivity contribution in [2.24, 2.45) is 10.9 Å². The van der Waals surface area contributed by atoms with Gasteiger partial charge in [-0.05, 0) is 31.4 Å². The van der Waals surface area contributed by atoms with Gasteiger partial charge >= 0.3 is 0 Å². The van der Waals surface area contributed by atoms with Gasteiger partial charge in [-0.2, -0.15) is 0 Å². The zero-order valence-electron chi connectivity index (χ0n) is 12.2. The summed E-state index contributed by atoms with van der Waals surface area (Å²) in [5.41, 5.74) is 6.04. The lowest BCUT2D eigenvalue weighted by molar-refractivity contribution is 0.0883. The Morgan fingerprint density at radius 1 is 1.35 bits per heavy atom. The van der Waals surface area contributed by atoms with Crippen LogP contribution in [-0.4, -0.2) is 27.5 Å². The molecule has 0 saturated carbocycles. The highest BCUT2D eigenvalue weighted by Crippen LogP contribution is 2.19. The van der Waals surface area contributed by atoms with Crippen LogP contribution in [0.25, 0.3) is 0 Å². The Morgan fingerprint density at radius 2 is 1.95 bits per heavy atom. The van der Waals surface area contributed by atoms with Crippen molar-refractivity contribution >= 4 is 11.7 Å². The fraction of sp³-hybridized carbons (Fsp3) is 0.500. The number of amides is 1. The van der Waals surface area contributed by atoms with Crippen LogP contribution in [-0.2, 0) is 0 Å². The van der Waals surface area contributed by atoms with Gasteiger partial charge in [0, 0.05) is 17.3 Å². The molecule has 110 valence electrons.